The number of quaternary nitrogens is 1. The Kier molecular flexibility index (Phi) is 5.44. The van der Waals surface area contributed by atoms with E-state index in [1.807, 2.05) is 87.9 Å². The van der Waals surface area contributed by atoms with E-state index in [9.17, 15) is 9.59 Å². The Labute approximate surface area is 182 Å². The van der Waals surface area contributed by atoms with E-state index < -0.39 is 0 Å². The molecule has 31 heavy (non-hydrogen) atoms. The molecule has 0 spiro atoms. The summed E-state index contributed by atoms with van der Waals surface area (Å²) in [5, 5.41) is 2.88. The third kappa shape index (κ3) is 4.57. The first-order valence-corrected chi connectivity index (χ1v) is 10.1. The van der Waals surface area contributed by atoms with Gasteiger partial charge in [-0.3, -0.25) is 14.6 Å². The van der Waals surface area contributed by atoms with Gasteiger partial charge in [-0.05, 0) is 36.4 Å². The van der Waals surface area contributed by atoms with Gasteiger partial charge in [0.25, 0.3) is 5.91 Å². The van der Waals surface area contributed by atoms with Gasteiger partial charge < -0.3 is 9.80 Å². The average Bonchev–Trinajstić information content (AvgIpc) is 2.73. The first-order chi connectivity index (χ1) is 14.8. The van der Waals surface area contributed by atoms with Crippen LogP contribution in [0.5, 0.6) is 0 Å². The van der Waals surface area contributed by atoms with Crippen molar-refractivity contribution in [3.8, 4) is 0 Å². The number of hydrogen-bond donors (Lipinski definition) is 1. The molecule has 2 heterocycles. The summed E-state index contributed by atoms with van der Waals surface area (Å²) < 4.78 is 0.523. The van der Waals surface area contributed by atoms with Gasteiger partial charge in [0, 0.05) is 5.69 Å². The summed E-state index contributed by atoms with van der Waals surface area (Å²) in [6.07, 6.45) is 0. The zero-order valence-electron chi connectivity index (χ0n) is 17.9. The minimum Gasteiger partial charge on any atom is -0.323 e. The van der Waals surface area contributed by atoms with Gasteiger partial charge in [0.1, 0.15) is 5.82 Å². The summed E-state index contributed by atoms with van der Waals surface area (Å²) in [6, 6.07) is 22.5. The number of benzene rings is 2. The molecule has 7 heteroatoms. The molecule has 0 fully saturated rings. The Morgan fingerprint density at radius 2 is 1.55 bits per heavy atom. The van der Waals surface area contributed by atoms with Crippen LogP contribution in [-0.4, -0.2) is 49.1 Å². The number of likely N-dealkylation sites (N-methyl/N-ethyl adjacent to an activating group) is 1. The Hall–Kier alpha value is -3.71. The highest BCUT2D eigenvalue weighted by Gasteiger charge is 2.33. The number of aromatic nitrogens is 1. The van der Waals surface area contributed by atoms with Crippen LogP contribution in [0.4, 0.5) is 27.7 Å². The van der Waals surface area contributed by atoms with Gasteiger partial charge in [0.15, 0.2) is 6.54 Å². The van der Waals surface area contributed by atoms with Crippen molar-refractivity contribution in [3.63, 3.8) is 0 Å². The number of carbonyl (C=O) groups is 2. The molecular weight excluding hydrogens is 390 g/mol. The molecule has 1 aliphatic rings. The Bertz CT molecular complexity index is 1090. The standard InChI is InChI=1S/C24H25N5O2/c1-29(2,3)17-23(30)26-22-15-14-21-20(25-22)16-27(18-10-6-4-7-11-18)24(31)28(21)19-12-8-5-9-13-19/h4-15H,16-17H2,1-3H3/p+1. The van der Waals surface area contributed by atoms with E-state index in [-0.39, 0.29) is 11.9 Å². The molecule has 0 radical (unpaired) electrons. The SMILES string of the molecule is C[N+](C)(C)CC(=O)Nc1ccc2c(n1)CN(c1ccccc1)C(=O)N2c1ccccc1. The minimum absolute atomic E-state index is 0.105. The van der Waals surface area contributed by atoms with Crippen molar-refractivity contribution in [2.24, 2.45) is 0 Å². The van der Waals surface area contributed by atoms with Crippen LogP contribution in [0.3, 0.4) is 0 Å². The van der Waals surface area contributed by atoms with Crippen molar-refractivity contribution >= 4 is 34.8 Å². The molecule has 3 amide bonds. The number of carbonyl (C=O) groups excluding carboxylic acids is 2. The van der Waals surface area contributed by atoms with Crippen molar-refractivity contribution in [2.45, 2.75) is 6.54 Å². The molecule has 158 valence electrons. The molecule has 0 atom stereocenters. The average molecular weight is 417 g/mol. The predicted octanol–water partition coefficient (Wildman–Crippen LogP) is 4.00. The van der Waals surface area contributed by atoms with E-state index in [4.69, 9.17) is 4.98 Å². The largest absolute Gasteiger partial charge is 0.334 e. The van der Waals surface area contributed by atoms with E-state index in [1.165, 1.54) is 0 Å². The highest BCUT2D eigenvalue weighted by atomic mass is 16.2. The van der Waals surface area contributed by atoms with Crippen LogP contribution in [-0.2, 0) is 11.3 Å². The monoisotopic (exact) mass is 416 g/mol. The fourth-order valence-corrected chi connectivity index (χ4v) is 3.57. The third-order valence-electron chi connectivity index (χ3n) is 4.89. The number of hydrogen-bond acceptors (Lipinski definition) is 3. The summed E-state index contributed by atoms with van der Waals surface area (Å²) in [5.41, 5.74) is 2.99. The summed E-state index contributed by atoms with van der Waals surface area (Å²) in [7, 11) is 5.88. The number of rotatable bonds is 5. The second kappa shape index (κ2) is 8.20. The Balaban J connectivity index is 1.72. The number of urea groups is 1. The van der Waals surface area contributed by atoms with Gasteiger partial charge in [-0.1, -0.05) is 36.4 Å². The lowest BCUT2D eigenvalue weighted by atomic mass is 10.1. The summed E-state index contributed by atoms with van der Waals surface area (Å²) in [5.74, 6) is 0.374. The minimum atomic E-state index is -0.145. The maximum Gasteiger partial charge on any atom is 0.334 e. The predicted molar refractivity (Wildman–Crippen MR) is 122 cm³/mol. The smallest absolute Gasteiger partial charge is 0.323 e. The summed E-state index contributed by atoms with van der Waals surface area (Å²) >= 11 is 0. The second-order valence-electron chi connectivity index (χ2n) is 8.53. The molecule has 1 aromatic heterocycles. The maximum absolute atomic E-state index is 13.5. The molecule has 0 saturated carbocycles. The van der Waals surface area contributed by atoms with Crippen molar-refractivity contribution in [3.05, 3.63) is 78.5 Å². The molecule has 3 aromatic rings. The van der Waals surface area contributed by atoms with E-state index in [2.05, 4.69) is 5.32 Å². The van der Waals surface area contributed by atoms with Crippen molar-refractivity contribution in [1.82, 2.24) is 4.98 Å². The molecular formula is C24H26N5O2+. The lowest BCUT2D eigenvalue weighted by molar-refractivity contribution is -0.861. The lowest BCUT2D eigenvalue weighted by Gasteiger charge is -2.36. The Morgan fingerprint density at radius 3 is 2.16 bits per heavy atom. The highest BCUT2D eigenvalue weighted by molar-refractivity contribution is 6.10. The van der Waals surface area contributed by atoms with Gasteiger partial charge in [-0.2, -0.15) is 0 Å². The molecule has 1 aliphatic heterocycles. The van der Waals surface area contributed by atoms with Crippen molar-refractivity contribution in [2.75, 3.05) is 42.8 Å². The quantitative estimate of drug-likeness (QED) is 0.640. The normalized spacial score (nSPS) is 13.7. The van der Waals surface area contributed by atoms with Crippen LogP contribution in [0.2, 0.25) is 0 Å². The molecule has 1 N–H and O–H groups in total. The first-order valence-electron chi connectivity index (χ1n) is 10.1. The van der Waals surface area contributed by atoms with Gasteiger partial charge in [0.05, 0.1) is 44.8 Å². The van der Waals surface area contributed by atoms with Crippen LogP contribution < -0.4 is 15.1 Å². The molecule has 7 nitrogen and oxygen atoms in total. The van der Waals surface area contributed by atoms with Gasteiger partial charge >= 0.3 is 6.03 Å². The summed E-state index contributed by atoms with van der Waals surface area (Å²) in [6.45, 7) is 0.657. The van der Waals surface area contributed by atoms with Crippen LogP contribution in [0.15, 0.2) is 72.8 Å². The van der Waals surface area contributed by atoms with E-state index in [0.717, 1.165) is 17.1 Å². The van der Waals surface area contributed by atoms with E-state index in [0.29, 0.717) is 29.1 Å². The Morgan fingerprint density at radius 1 is 0.935 bits per heavy atom. The van der Waals surface area contributed by atoms with Crippen LogP contribution in [0.1, 0.15) is 5.69 Å². The number of amides is 3. The number of anilines is 4. The number of pyridine rings is 1. The van der Waals surface area contributed by atoms with Crippen LogP contribution >= 0.6 is 0 Å². The second-order valence-corrected chi connectivity index (χ2v) is 8.53. The fraction of sp³-hybridized carbons (Fsp3) is 0.208. The topological polar surface area (TPSA) is 65.5 Å². The number of fused-ring (bicyclic) bond motifs is 1. The molecule has 0 aliphatic carbocycles. The van der Waals surface area contributed by atoms with Gasteiger partial charge in [0.2, 0.25) is 0 Å². The zero-order chi connectivity index (χ0) is 22.0. The molecule has 0 saturated heterocycles. The molecule has 4 rings (SSSR count). The first kappa shape index (κ1) is 20.6. The van der Waals surface area contributed by atoms with Crippen molar-refractivity contribution < 1.29 is 14.1 Å². The van der Waals surface area contributed by atoms with Gasteiger partial charge in [-0.15, -0.1) is 0 Å². The fourth-order valence-electron chi connectivity index (χ4n) is 3.57. The number of nitrogens with one attached hydrogen (secondary N) is 1. The number of nitrogens with zero attached hydrogens (tertiary/aromatic N) is 4. The van der Waals surface area contributed by atoms with Crippen molar-refractivity contribution in [1.29, 1.82) is 0 Å². The van der Waals surface area contributed by atoms with E-state index >= 15 is 0 Å². The maximum atomic E-state index is 13.5. The lowest BCUT2D eigenvalue weighted by Crippen LogP contribution is -2.45. The van der Waals surface area contributed by atoms with Crippen LogP contribution in [0.25, 0.3) is 0 Å². The van der Waals surface area contributed by atoms with E-state index in [1.54, 1.807) is 15.9 Å². The highest BCUT2D eigenvalue weighted by Crippen LogP contribution is 2.36. The third-order valence-corrected chi connectivity index (χ3v) is 4.89. The van der Waals surface area contributed by atoms with Crippen LogP contribution in [0, 0.1) is 0 Å². The zero-order valence-corrected chi connectivity index (χ0v) is 17.9. The molecule has 0 unspecified atom stereocenters. The molecule has 2 aromatic carbocycles. The molecule has 0 bridgehead atoms. The van der Waals surface area contributed by atoms with Gasteiger partial charge in [-0.25, -0.2) is 9.78 Å². The number of para-hydroxylation sites is 2. The summed E-state index contributed by atoms with van der Waals surface area (Å²) in [4.78, 5) is 33.9.